The molecule has 104 valence electrons. The summed E-state index contributed by atoms with van der Waals surface area (Å²) in [4.78, 5) is 12.2. The van der Waals surface area contributed by atoms with Crippen molar-refractivity contribution < 1.29 is 9.53 Å². The van der Waals surface area contributed by atoms with Gasteiger partial charge in [-0.1, -0.05) is 17.7 Å². The molecule has 0 bridgehead atoms. The Bertz CT molecular complexity index is 461. The molecule has 5 heteroatoms. The Balaban J connectivity index is 2.02. The third-order valence-electron chi connectivity index (χ3n) is 3.53. The molecule has 1 aliphatic rings. The topological polar surface area (TPSA) is 38.3 Å². The normalized spacial score (nSPS) is 18.1. The minimum Gasteiger partial charge on any atom is -0.381 e. The number of carbonyl (C=O) groups is 1. The molecule has 0 aromatic heterocycles. The van der Waals surface area contributed by atoms with Gasteiger partial charge in [0.15, 0.2) is 0 Å². The third kappa shape index (κ3) is 3.71. The van der Waals surface area contributed by atoms with Gasteiger partial charge < -0.3 is 10.1 Å². The van der Waals surface area contributed by atoms with Gasteiger partial charge in [-0.25, -0.2) is 0 Å². The maximum absolute atomic E-state index is 12.2. The first-order valence-corrected chi connectivity index (χ1v) is 7.59. The molecule has 3 nitrogen and oxygen atoms in total. The standard InChI is InChI=1S/C14H17BrClNO2/c1-9(10-5-7-19-8-6-10)17-14(18)11-3-2-4-12(15)13(11)16/h2-4,9-10H,5-8H2,1H3,(H,17,18). The van der Waals surface area contributed by atoms with Crippen LogP contribution in [0.15, 0.2) is 22.7 Å². The van der Waals surface area contributed by atoms with Crippen LogP contribution in [0.2, 0.25) is 5.02 Å². The predicted octanol–water partition coefficient (Wildman–Crippen LogP) is 3.65. The monoisotopic (exact) mass is 345 g/mol. The Hall–Kier alpha value is -0.580. The summed E-state index contributed by atoms with van der Waals surface area (Å²) in [6.07, 6.45) is 1.99. The summed E-state index contributed by atoms with van der Waals surface area (Å²) >= 11 is 9.46. The van der Waals surface area contributed by atoms with Crippen molar-refractivity contribution >= 4 is 33.4 Å². The van der Waals surface area contributed by atoms with Crippen LogP contribution in [-0.4, -0.2) is 25.2 Å². The highest BCUT2D eigenvalue weighted by Gasteiger charge is 2.23. The molecule has 0 spiro atoms. The maximum atomic E-state index is 12.2. The molecular formula is C14H17BrClNO2. The minimum atomic E-state index is -0.120. The predicted molar refractivity (Wildman–Crippen MR) is 79.6 cm³/mol. The Morgan fingerprint density at radius 2 is 2.16 bits per heavy atom. The smallest absolute Gasteiger partial charge is 0.253 e. The van der Waals surface area contributed by atoms with Crippen molar-refractivity contribution in [2.75, 3.05) is 13.2 Å². The number of carbonyl (C=O) groups excluding carboxylic acids is 1. The van der Waals surface area contributed by atoms with E-state index in [1.54, 1.807) is 6.07 Å². The molecule has 1 aliphatic heterocycles. The van der Waals surface area contributed by atoms with Crippen molar-refractivity contribution in [1.82, 2.24) is 5.32 Å². The van der Waals surface area contributed by atoms with Crippen LogP contribution in [0.1, 0.15) is 30.1 Å². The van der Waals surface area contributed by atoms with E-state index in [1.807, 2.05) is 19.1 Å². The van der Waals surface area contributed by atoms with Gasteiger partial charge in [0.2, 0.25) is 0 Å². The molecule has 0 saturated carbocycles. The zero-order chi connectivity index (χ0) is 13.8. The highest BCUT2D eigenvalue weighted by Crippen LogP contribution is 2.26. The molecule has 1 fully saturated rings. The van der Waals surface area contributed by atoms with Crippen LogP contribution in [0, 0.1) is 5.92 Å². The summed E-state index contributed by atoms with van der Waals surface area (Å²) in [6.45, 7) is 3.60. The maximum Gasteiger partial charge on any atom is 0.253 e. The molecule has 1 saturated heterocycles. The highest BCUT2D eigenvalue weighted by atomic mass is 79.9. The number of nitrogens with one attached hydrogen (secondary N) is 1. The van der Waals surface area contributed by atoms with Crippen molar-refractivity contribution in [3.8, 4) is 0 Å². The number of benzene rings is 1. The second-order valence-corrected chi connectivity index (χ2v) is 6.05. The molecule has 1 unspecified atom stereocenters. The summed E-state index contributed by atoms with van der Waals surface area (Å²) < 4.78 is 6.07. The van der Waals surface area contributed by atoms with Crippen LogP contribution in [0.25, 0.3) is 0 Å². The van der Waals surface area contributed by atoms with E-state index in [2.05, 4.69) is 21.2 Å². The van der Waals surface area contributed by atoms with E-state index in [0.717, 1.165) is 30.5 Å². The molecule has 1 atom stereocenters. The molecule has 1 amide bonds. The van der Waals surface area contributed by atoms with Crippen molar-refractivity contribution in [1.29, 1.82) is 0 Å². The quantitative estimate of drug-likeness (QED) is 0.907. The molecule has 1 N–H and O–H groups in total. The molecule has 2 rings (SSSR count). The van der Waals surface area contributed by atoms with Crippen LogP contribution in [0.4, 0.5) is 0 Å². The lowest BCUT2D eigenvalue weighted by Gasteiger charge is -2.28. The van der Waals surface area contributed by atoms with Crippen molar-refractivity contribution in [3.05, 3.63) is 33.3 Å². The van der Waals surface area contributed by atoms with E-state index in [4.69, 9.17) is 16.3 Å². The molecule has 1 aromatic rings. The molecule has 0 radical (unpaired) electrons. The second-order valence-electron chi connectivity index (χ2n) is 4.81. The fourth-order valence-corrected chi connectivity index (χ4v) is 2.88. The number of halogens is 2. The van der Waals surface area contributed by atoms with Gasteiger partial charge in [-0.2, -0.15) is 0 Å². The Labute approximate surface area is 126 Å². The Morgan fingerprint density at radius 1 is 1.47 bits per heavy atom. The summed E-state index contributed by atoms with van der Waals surface area (Å²) in [5.41, 5.74) is 0.509. The van der Waals surface area contributed by atoms with Crippen LogP contribution < -0.4 is 5.32 Å². The lowest BCUT2D eigenvalue weighted by Crippen LogP contribution is -2.40. The first kappa shape index (κ1) is 14.8. The number of ether oxygens (including phenoxy) is 1. The first-order chi connectivity index (χ1) is 9.09. The summed E-state index contributed by atoms with van der Waals surface area (Å²) in [7, 11) is 0. The van der Waals surface area contributed by atoms with Gasteiger partial charge in [0.05, 0.1) is 10.6 Å². The summed E-state index contributed by atoms with van der Waals surface area (Å²) in [6, 6.07) is 5.50. The average molecular weight is 347 g/mol. The zero-order valence-corrected chi connectivity index (χ0v) is 13.1. The van der Waals surface area contributed by atoms with Gasteiger partial charge in [-0.3, -0.25) is 4.79 Å². The van der Waals surface area contributed by atoms with Gasteiger partial charge >= 0.3 is 0 Å². The Morgan fingerprint density at radius 3 is 2.84 bits per heavy atom. The van der Waals surface area contributed by atoms with E-state index < -0.39 is 0 Å². The number of hydrogen-bond donors (Lipinski definition) is 1. The molecular weight excluding hydrogens is 330 g/mol. The largest absolute Gasteiger partial charge is 0.381 e. The van der Waals surface area contributed by atoms with Crippen LogP contribution in [0.3, 0.4) is 0 Å². The number of rotatable bonds is 3. The number of amides is 1. The fraction of sp³-hybridized carbons (Fsp3) is 0.500. The zero-order valence-electron chi connectivity index (χ0n) is 10.8. The SMILES string of the molecule is CC(NC(=O)c1cccc(Br)c1Cl)C1CCOCC1. The Kier molecular flexibility index (Phi) is 5.25. The van der Waals surface area contributed by atoms with Gasteiger partial charge in [0.1, 0.15) is 0 Å². The third-order valence-corrected chi connectivity index (χ3v) is 4.82. The van der Waals surface area contributed by atoms with E-state index in [-0.39, 0.29) is 11.9 Å². The highest BCUT2D eigenvalue weighted by molar-refractivity contribution is 9.10. The van der Waals surface area contributed by atoms with Gasteiger partial charge in [0.25, 0.3) is 5.91 Å². The van der Waals surface area contributed by atoms with Crippen molar-refractivity contribution in [2.24, 2.45) is 5.92 Å². The summed E-state index contributed by atoms with van der Waals surface area (Å²) in [5.74, 6) is 0.355. The van der Waals surface area contributed by atoms with Crippen LogP contribution >= 0.6 is 27.5 Å². The summed E-state index contributed by atoms with van der Waals surface area (Å²) in [5, 5.41) is 3.49. The van der Waals surface area contributed by atoms with E-state index in [9.17, 15) is 4.79 Å². The average Bonchev–Trinajstić information content (AvgIpc) is 2.42. The van der Waals surface area contributed by atoms with E-state index in [0.29, 0.717) is 16.5 Å². The van der Waals surface area contributed by atoms with E-state index >= 15 is 0 Å². The molecule has 0 aliphatic carbocycles. The lowest BCUT2D eigenvalue weighted by atomic mass is 9.93. The minimum absolute atomic E-state index is 0.120. The van der Waals surface area contributed by atoms with Gasteiger partial charge in [-0.15, -0.1) is 0 Å². The van der Waals surface area contributed by atoms with Crippen LogP contribution in [-0.2, 0) is 4.74 Å². The number of hydrogen-bond acceptors (Lipinski definition) is 2. The fourth-order valence-electron chi connectivity index (χ4n) is 2.30. The lowest BCUT2D eigenvalue weighted by molar-refractivity contribution is 0.0538. The van der Waals surface area contributed by atoms with Gasteiger partial charge in [-0.05, 0) is 53.7 Å². The second kappa shape index (κ2) is 6.73. The van der Waals surface area contributed by atoms with Crippen molar-refractivity contribution in [3.63, 3.8) is 0 Å². The molecule has 1 heterocycles. The van der Waals surface area contributed by atoms with Crippen LogP contribution in [0.5, 0.6) is 0 Å². The first-order valence-electron chi connectivity index (χ1n) is 6.42. The molecule has 19 heavy (non-hydrogen) atoms. The van der Waals surface area contributed by atoms with E-state index in [1.165, 1.54) is 0 Å². The van der Waals surface area contributed by atoms with Gasteiger partial charge in [0, 0.05) is 23.7 Å². The molecule has 1 aromatic carbocycles. The van der Waals surface area contributed by atoms with Crippen molar-refractivity contribution in [2.45, 2.75) is 25.8 Å².